The molecule has 8 heteroatoms. The lowest BCUT2D eigenvalue weighted by Crippen LogP contribution is -2.33. The number of thiophene rings is 1. The Bertz CT molecular complexity index is 762. The normalized spacial score (nSPS) is 18.2. The lowest BCUT2D eigenvalue weighted by atomic mass is 10.1. The van der Waals surface area contributed by atoms with Crippen LogP contribution in [0.2, 0.25) is 0 Å². The van der Waals surface area contributed by atoms with E-state index in [-0.39, 0.29) is 11.6 Å². The summed E-state index contributed by atoms with van der Waals surface area (Å²) >= 11 is 2.65. The highest BCUT2D eigenvalue weighted by molar-refractivity contribution is 7.99. The first kappa shape index (κ1) is 24.0. The van der Waals surface area contributed by atoms with Gasteiger partial charge in [-0.15, -0.1) is 23.1 Å². The minimum Gasteiger partial charge on any atom is -0.337 e. The third-order valence-electron chi connectivity index (χ3n) is 4.78. The second-order valence-electron chi connectivity index (χ2n) is 7.12. The largest absolute Gasteiger partial charge is 0.418 e. The van der Waals surface area contributed by atoms with E-state index in [1.165, 1.54) is 38.6 Å². The van der Waals surface area contributed by atoms with Gasteiger partial charge in [0.1, 0.15) is 4.88 Å². The van der Waals surface area contributed by atoms with Crippen molar-refractivity contribution in [3.8, 4) is 0 Å². The highest BCUT2D eigenvalue weighted by Gasteiger charge is 2.38. The number of allylic oxidation sites excluding steroid dienone is 2. The molecule has 2 heterocycles. The van der Waals surface area contributed by atoms with Gasteiger partial charge in [-0.05, 0) is 31.7 Å². The van der Waals surface area contributed by atoms with Gasteiger partial charge in [-0.3, -0.25) is 9.79 Å². The van der Waals surface area contributed by atoms with E-state index in [1.807, 2.05) is 4.90 Å². The van der Waals surface area contributed by atoms with Crippen molar-refractivity contribution < 1.29 is 18.0 Å². The van der Waals surface area contributed by atoms with E-state index in [4.69, 9.17) is 0 Å². The summed E-state index contributed by atoms with van der Waals surface area (Å²) in [7, 11) is 1.35. The van der Waals surface area contributed by atoms with Crippen LogP contribution in [0.15, 0.2) is 27.6 Å². The number of hydrogen-bond acceptors (Lipinski definition) is 4. The maximum atomic E-state index is 13.3. The molecule has 0 saturated heterocycles. The van der Waals surface area contributed by atoms with E-state index >= 15 is 0 Å². The number of halogens is 3. The third kappa shape index (κ3) is 6.35. The molecule has 1 amide bonds. The average Bonchev–Trinajstić information content (AvgIpc) is 3.43. The fraction of sp³-hybridized carbons (Fsp3) is 0.619. The summed E-state index contributed by atoms with van der Waals surface area (Å²) in [6.45, 7) is 7.15. The van der Waals surface area contributed by atoms with Crippen molar-refractivity contribution in [2.75, 3.05) is 25.9 Å². The lowest BCUT2D eigenvalue weighted by molar-refractivity contribution is -0.0861. The minimum absolute atomic E-state index is 0.0624. The molecule has 1 aromatic heterocycles. The fourth-order valence-corrected chi connectivity index (χ4v) is 5.24. The molecule has 0 atom stereocenters. The summed E-state index contributed by atoms with van der Waals surface area (Å²) in [6.07, 6.45) is 1.51. The number of rotatable bonds is 5. The molecule has 29 heavy (non-hydrogen) atoms. The van der Waals surface area contributed by atoms with Crippen molar-refractivity contribution in [3.05, 3.63) is 27.5 Å². The molecule has 0 N–H and O–H groups in total. The quantitative estimate of drug-likeness (QED) is 0.488. The molecule has 1 aromatic rings. The monoisotopic (exact) mass is 446 g/mol. The minimum atomic E-state index is -4.47. The Kier molecular flexibility index (Phi) is 8.82. The molecule has 0 spiro atoms. The standard InChI is InChI=1S/C17H19F3N2OS2.C4H10/c1-3-11(17(18,19)20)14(21-2)12-8-13-15(25-12)16(23)22(6-7-24-13)9-10-4-5-10;1-3-4-2/h3,8,10H,4-7,9H2,1-2H3;3-4H2,1-2H3/b11-3+,21-14?;. The smallest absolute Gasteiger partial charge is 0.337 e. The van der Waals surface area contributed by atoms with Crippen molar-refractivity contribution >= 4 is 34.7 Å². The van der Waals surface area contributed by atoms with Crippen molar-refractivity contribution in [1.82, 2.24) is 4.90 Å². The van der Waals surface area contributed by atoms with Crippen molar-refractivity contribution in [2.45, 2.75) is 57.5 Å². The third-order valence-corrected chi connectivity index (χ3v) is 7.06. The van der Waals surface area contributed by atoms with E-state index < -0.39 is 11.7 Å². The first-order chi connectivity index (χ1) is 13.8. The highest BCUT2D eigenvalue weighted by atomic mass is 32.2. The number of unbranched alkanes of at least 4 members (excludes halogenated alkanes) is 1. The summed E-state index contributed by atoms with van der Waals surface area (Å²) in [5.74, 6) is 1.28. The van der Waals surface area contributed by atoms with Gasteiger partial charge >= 0.3 is 6.18 Å². The topological polar surface area (TPSA) is 32.7 Å². The SMILES string of the molecule is C/C=C(\C(=NC)c1cc2c(s1)C(=O)N(CC1CC1)CCS2)C(F)(F)F.CCCC. The Labute approximate surface area is 179 Å². The van der Waals surface area contributed by atoms with E-state index in [1.54, 1.807) is 6.07 Å². The van der Waals surface area contributed by atoms with Crippen LogP contribution in [0.1, 0.15) is 61.0 Å². The van der Waals surface area contributed by atoms with Crippen LogP contribution in [0.3, 0.4) is 0 Å². The Morgan fingerprint density at radius 2 is 1.97 bits per heavy atom. The molecule has 162 valence electrons. The van der Waals surface area contributed by atoms with Gasteiger partial charge in [-0.1, -0.05) is 32.8 Å². The van der Waals surface area contributed by atoms with Crippen molar-refractivity contribution in [3.63, 3.8) is 0 Å². The molecule has 1 aliphatic carbocycles. The van der Waals surface area contributed by atoms with Crippen LogP contribution in [0, 0.1) is 5.92 Å². The Morgan fingerprint density at radius 1 is 1.31 bits per heavy atom. The van der Waals surface area contributed by atoms with Gasteiger partial charge < -0.3 is 4.90 Å². The summed E-state index contributed by atoms with van der Waals surface area (Å²) in [5.41, 5.74) is -0.867. The fourth-order valence-electron chi connectivity index (χ4n) is 2.84. The van der Waals surface area contributed by atoms with Crippen LogP contribution in [0.5, 0.6) is 0 Å². The van der Waals surface area contributed by atoms with Crippen LogP contribution in [-0.4, -0.2) is 48.6 Å². The zero-order valence-electron chi connectivity index (χ0n) is 17.4. The number of amides is 1. The number of carbonyl (C=O) groups excluding carboxylic acids is 1. The lowest BCUT2D eigenvalue weighted by Gasteiger charge is -2.19. The van der Waals surface area contributed by atoms with Crippen LogP contribution in [0.25, 0.3) is 0 Å². The number of fused-ring (bicyclic) bond motifs is 1. The maximum Gasteiger partial charge on any atom is 0.418 e. The number of carbonyl (C=O) groups is 1. The number of nitrogens with zero attached hydrogens (tertiary/aromatic N) is 2. The van der Waals surface area contributed by atoms with Gasteiger partial charge in [0.05, 0.1) is 16.2 Å². The highest BCUT2D eigenvalue weighted by Crippen LogP contribution is 2.39. The predicted octanol–water partition coefficient (Wildman–Crippen LogP) is 6.44. The van der Waals surface area contributed by atoms with Crippen molar-refractivity contribution in [1.29, 1.82) is 0 Å². The summed E-state index contributed by atoms with van der Waals surface area (Å²) in [4.78, 5) is 20.2. The molecular weight excluding hydrogens is 417 g/mol. The van der Waals surface area contributed by atoms with Crippen LogP contribution in [0.4, 0.5) is 13.2 Å². The van der Waals surface area contributed by atoms with Gasteiger partial charge in [-0.2, -0.15) is 13.2 Å². The second-order valence-corrected chi connectivity index (χ2v) is 9.31. The van der Waals surface area contributed by atoms with Gasteiger partial charge in [-0.25, -0.2) is 0 Å². The van der Waals surface area contributed by atoms with E-state index in [2.05, 4.69) is 18.8 Å². The summed E-state index contributed by atoms with van der Waals surface area (Å²) in [5, 5.41) is 0. The first-order valence-electron chi connectivity index (χ1n) is 10.0. The summed E-state index contributed by atoms with van der Waals surface area (Å²) in [6, 6.07) is 1.68. The molecule has 0 radical (unpaired) electrons. The molecule has 0 bridgehead atoms. The molecule has 2 aliphatic rings. The molecule has 3 rings (SSSR count). The first-order valence-corrected chi connectivity index (χ1v) is 11.8. The second kappa shape index (κ2) is 10.7. The average molecular weight is 447 g/mol. The van der Waals surface area contributed by atoms with Gasteiger partial charge in [0.15, 0.2) is 0 Å². The molecule has 0 unspecified atom stereocenters. The number of aliphatic imine (C=N–C) groups is 1. The van der Waals surface area contributed by atoms with Crippen LogP contribution in [-0.2, 0) is 0 Å². The summed E-state index contributed by atoms with van der Waals surface area (Å²) < 4.78 is 39.8. The molecular formula is C21H29F3N2OS2. The van der Waals surface area contributed by atoms with Crippen molar-refractivity contribution in [2.24, 2.45) is 10.9 Å². The molecule has 1 fully saturated rings. The van der Waals surface area contributed by atoms with Crippen LogP contribution >= 0.6 is 23.1 Å². The van der Waals surface area contributed by atoms with Gasteiger partial charge in [0, 0.05) is 30.8 Å². The van der Waals surface area contributed by atoms with E-state index in [9.17, 15) is 18.0 Å². The van der Waals surface area contributed by atoms with Crippen LogP contribution < -0.4 is 0 Å². The molecule has 1 saturated carbocycles. The Morgan fingerprint density at radius 3 is 2.45 bits per heavy atom. The Hall–Kier alpha value is -1.28. The molecule has 3 nitrogen and oxygen atoms in total. The van der Waals surface area contributed by atoms with E-state index in [0.717, 1.165) is 47.4 Å². The molecule has 0 aromatic carbocycles. The zero-order chi connectivity index (χ0) is 21.6. The Balaban J connectivity index is 0.000000687. The maximum absolute atomic E-state index is 13.3. The number of hydrogen-bond donors (Lipinski definition) is 0. The predicted molar refractivity (Wildman–Crippen MR) is 117 cm³/mol. The zero-order valence-corrected chi connectivity index (χ0v) is 19.1. The molecule has 1 aliphatic heterocycles. The van der Waals surface area contributed by atoms with Gasteiger partial charge in [0.25, 0.3) is 5.91 Å². The van der Waals surface area contributed by atoms with Gasteiger partial charge in [0.2, 0.25) is 0 Å². The number of alkyl halides is 3. The van der Waals surface area contributed by atoms with E-state index in [0.29, 0.717) is 22.2 Å². The number of thioether (sulfide) groups is 1.